The number of aromatic nitrogens is 1. The molecule has 1 aromatic carbocycles. The first-order valence-corrected chi connectivity index (χ1v) is 11.1. The van der Waals surface area contributed by atoms with Crippen molar-refractivity contribution in [3.63, 3.8) is 0 Å². The lowest BCUT2D eigenvalue weighted by molar-refractivity contribution is -0.146. The Morgan fingerprint density at radius 3 is 2.84 bits per heavy atom. The number of likely N-dealkylation sites (tertiary alicyclic amines) is 1. The van der Waals surface area contributed by atoms with Crippen molar-refractivity contribution in [2.24, 2.45) is 5.92 Å². The van der Waals surface area contributed by atoms with E-state index in [0.717, 1.165) is 35.2 Å². The van der Waals surface area contributed by atoms with Gasteiger partial charge in [-0.05, 0) is 60.4 Å². The highest BCUT2D eigenvalue weighted by molar-refractivity contribution is 6.39. The minimum Gasteiger partial charge on any atom is -0.383 e. The van der Waals surface area contributed by atoms with Crippen molar-refractivity contribution >= 4 is 34.9 Å². The molecule has 2 aliphatic rings. The number of aryl methyl sites for hydroxylation is 2. The van der Waals surface area contributed by atoms with Gasteiger partial charge in [-0.3, -0.25) is 14.4 Å². The van der Waals surface area contributed by atoms with Crippen molar-refractivity contribution in [1.29, 1.82) is 0 Å². The van der Waals surface area contributed by atoms with Crippen LogP contribution >= 0.6 is 0 Å². The number of benzene rings is 1. The number of nitrogens with one attached hydrogen (secondary N) is 2. The standard InChI is InChI=1S/C24H29N5O3/c1-3-15-11-18(12-26-22(15)25)27-23(31)24(32)29-13-14(2)4-8-20(29)17-5-7-19-16(10-17)6-9-21(30)28-19/h5,7,10-12,14,20H,3-4,6,8-9,13H2,1-2H3,(H2,25,26)(H,27,31)(H,28,30)/t14-,20?/m0/s1. The van der Waals surface area contributed by atoms with E-state index >= 15 is 0 Å². The Morgan fingerprint density at radius 1 is 1.25 bits per heavy atom. The number of anilines is 3. The number of hydrogen-bond donors (Lipinski definition) is 3. The second-order valence-electron chi connectivity index (χ2n) is 8.70. The van der Waals surface area contributed by atoms with Crippen LogP contribution in [0.15, 0.2) is 30.5 Å². The van der Waals surface area contributed by atoms with Crippen LogP contribution in [-0.4, -0.2) is 34.2 Å². The maximum absolute atomic E-state index is 13.2. The molecule has 0 spiro atoms. The molecule has 4 rings (SSSR count). The summed E-state index contributed by atoms with van der Waals surface area (Å²) in [5.41, 5.74) is 10.0. The third-order valence-corrected chi connectivity index (χ3v) is 6.32. The zero-order chi connectivity index (χ0) is 22.8. The van der Waals surface area contributed by atoms with E-state index in [2.05, 4.69) is 28.6 Å². The van der Waals surface area contributed by atoms with Crippen molar-refractivity contribution in [2.75, 3.05) is 22.9 Å². The van der Waals surface area contributed by atoms with Gasteiger partial charge in [0, 0.05) is 18.7 Å². The zero-order valence-electron chi connectivity index (χ0n) is 18.5. The van der Waals surface area contributed by atoms with Gasteiger partial charge in [0.1, 0.15) is 5.82 Å². The van der Waals surface area contributed by atoms with E-state index in [9.17, 15) is 14.4 Å². The van der Waals surface area contributed by atoms with Crippen LogP contribution in [0.3, 0.4) is 0 Å². The van der Waals surface area contributed by atoms with Crippen molar-refractivity contribution in [3.8, 4) is 0 Å². The summed E-state index contributed by atoms with van der Waals surface area (Å²) in [5, 5.41) is 5.58. The third kappa shape index (κ3) is 4.44. The number of hydrogen-bond acceptors (Lipinski definition) is 5. The normalized spacial score (nSPS) is 20.3. The van der Waals surface area contributed by atoms with Gasteiger partial charge in [0.05, 0.1) is 17.9 Å². The summed E-state index contributed by atoms with van der Waals surface area (Å²) in [6.07, 6.45) is 5.05. The number of amides is 3. The number of rotatable bonds is 3. The number of fused-ring (bicyclic) bond motifs is 1. The number of nitrogen functional groups attached to an aromatic ring is 1. The first-order valence-electron chi connectivity index (χ1n) is 11.1. The Balaban J connectivity index is 1.55. The summed E-state index contributed by atoms with van der Waals surface area (Å²) in [7, 11) is 0. The first kappa shape index (κ1) is 21.8. The Hall–Kier alpha value is -3.42. The Morgan fingerprint density at radius 2 is 2.06 bits per heavy atom. The van der Waals surface area contributed by atoms with E-state index in [1.54, 1.807) is 11.0 Å². The summed E-state index contributed by atoms with van der Waals surface area (Å²) in [5.74, 6) is -0.478. The lowest BCUT2D eigenvalue weighted by Gasteiger charge is -2.39. The third-order valence-electron chi connectivity index (χ3n) is 6.32. The summed E-state index contributed by atoms with van der Waals surface area (Å²) >= 11 is 0. The van der Waals surface area contributed by atoms with E-state index in [1.807, 2.05) is 19.1 Å². The molecule has 0 aliphatic carbocycles. The second kappa shape index (κ2) is 8.98. The predicted octanol–water partition coefficient (Wildman–Crippen LogP) is 3.05. The summed E-state index contributed by atoms with van der Waals surface area (Å²) in [4.78, 5) is 43.5. The molecule has 1 saturated heterocycles. The quantitative estimate of drug-likeness (QED) is 0.641. The maximum Gasteiger partial charge on any atom is 0.313 e. The molecule has 1 unspecified atom stereocenters. The summed E-state index contributed by atoms with van der Waals surface area (Å²) in [6.45, 7) is 4.56. The molecule has 32 heavy (non-hydrogen) atoms. The number of pyridine rings is 1. The monoisotopic (exact) mass is 435 g/mol. The molecule has 2 atom stereocenters. The molecular formula is C24H29N5O3. The molecule has 0 saturated carbocycles. The van der Waals surface area contributed by atoms with Gasteiger partial charge in [-0.2, -0.15) is 0 Å². The number of nitrogens with two attached hydrogens (primary N) is 1. The Bertz CT molecular complexity index is 1070. The van der Waals surface area contributed by atoms with E-state index in [-0.39, 0.29) is 11.9 Å². The number of nitrogens with zero attached hydrogens (tertiary/aromatic N) is 2. The van der Waals surface area contributed by atoms with Gasteiger partial charge in [-0.15, -0.1) is 0 Å². The van der Waals surface area contributed by atoms with Gasteiger partial charge in [0.2, 0.25) is 5.91 Å². The molecule has 168 valence electrons. The summed E-state index contributed by atoms with van der Waals surface area (Å²) in [6, 6.07) is 7.48. The van der Waals surface area contributed by atoms with E-state index in [4.69, 9.17) is 5.73 Å². The van der Waals surface area contributed by atoms with Crippen LogP contribution in [0.1, 0.15) is 55.8 Å². The van der Waals surface area contributed by atoms with Gasteiger partial charge in [-0.25, -0.2) is 4.98 Å². The molecule has 0 bridgehead atoms. The van der Waals surface area contributed by atoms with Gasteiger partial charge < -0.3 is 21.3 Å². The lowest BCUT2D eigenvalue weighted by atomic mass is 9.88. The molecule has 1 aromatic heterocycles. The van der Waals surface area contributed by atoms with Gasteiger partial charge in [-0.1, -0.05) is 26.0 Å². The van der Waals surface area contributed by atoms with Crippen molar-refractivity contribution in [2.45, 2.75) is 52.0 Å². The first-order chi connectivity index (χ1) is 15.4. The van der Waals surface area contributed by atoms with E-state index < -0.39 is 11.8 Å². The molecule has 2 aliphatic heterocycles. The minimum absolute atomic E-state index is 0.0219. The van der Waals surface area contributed by atoms with Crippen LogP contribution in [-0.2, 0) is 27.2 Å². The van der Waals surface area contributed by atoms with Crippen LogP contribution in [0.25, 0.3) is 0 Å². The summed E-state index contributed by atoms with van der Waals surface area (Å²) < 4.78 is 0. The fourth-order valence-corrected chi connectivity index (χ4v) is 4.52. The number of carbonyl (C=O) groups is 3. The maximum atomic E-state index is 13.2. The number of piperidine rings is 1. The average molecular weight is 436 g/mol. The van der Waals surface area contributed by atoms with Crippen molar-refractivity contribution in [3.05, 3.63) is 47.2 Å². The van der Waals surface area contributed by atoms with Crippen LogP contribution in [0, 0.1) is 5.92 Å². The van der Waals surface area contributed by atoms with E-state index in [1.165, 1.54) is 6.20 Å². The fourth-order valence-electron chi connectivity index (χ4n) is 4.52. The zero-order valence-corrected chi connectivity index (χ0v) is 18.5. The molecule has 3 heterocycles. The second-order valence-corrected chi connectivity index (χ2v) is 8.70. The molecule has 4 N–H and O–H groups in total. The van der Waals surface area contributed by atoms with Gasteiger partial charge >= 0.3 is 11.8 Å². The highest BCUT2D eigenvalue weighted by Gasteiger charge is 2.34. The highest BCUT2D eigenvalue weighted by Crippen LogP contribution is 2.36. The molecule has 8 heteroatoms. The van der Waals surface area contributed by atoms with Crippen LogP contribution in [0.5, 0.6) is 0 Å². The van der Waals surface area contributed by atoms with Crippen molar-refractivity contribution in [1.82, 2.24) is 9.88 Å². The predicted molar refractivity (Wildman–Crippen MR) is 123 cm³/mol. The molecule has 8 nitrogen and oxygen atoms in total. The molecule has 1 fully saturated rings. The van der Waals surface area contributed by atoms with Crippen LogP contribution < -0.4 is 16.4 Å². The smallest absolute Gasteiger partial charge is 0.313 e. The van der Waals surface area contributed by atoms with Gasteiger partial charge in [0.15, 0.2) is 0 Å². The Kier molecular flexibility index (Phi) is 6.12. The number of carbonyl (C=O) groups excluding carboxylic acids is 3. The molecule has 2 aromatic rings. The Labute approximate surface area is 187 Å². The lowest BCUT2D eigenvalue weighted by Crippen LogP contribution is -2.46. The van der Waals surface area contributed by atoms with Crippen molar-refractivity contribution < 1.29 is 14.4 Å². The molecule has 0 radical (unpaired) electrons. The average Bonchev–Trinajstić information content (AvgIpc) is 2.79. The minimum atomic E-state index is -0.678. The van der Waals surface area contributed by atoms with Crippen LogP contribution in [0.2, 0.25) is 0 Å². The fraction of sp³-hybridized carbons (Fsp3) is 0.417. The largest absolute Gasteiger partial charge is 0.383 e. The topological polar surface area (TPSA) is 117 Å². The molecule has 3 amide bonds. The van der Waals surface area contributed by atoms with Gasteiger partial charge in [0.25, 0.3) is 0 Å². The SMILES string of the molecule is CCc1cc(NC(=O)C(=O)N2C[C@@H](C)CCC2c2ccc3c(c2)CCC(=O)N3)cnc1N. The van der Waals surface area contributed by atoms with Crippen LogP contribution in [0.4, 0.5) is 17.2 Å². The molecular weight excluding hydrogens is 406 g/mol. The highest BCUT2D eigenvalue weighted by atomic mass is 16.2. The van der Waals surface area contributed by atoms with E-state index in [0.29, 0.717) is 43.2 Å².